The van der Waals surface area contributed by atoms with Crippen LogP contribution in [0, 0.1) is 0 Å². The third-order valence-corrected chi connectivity index (χ3v) is 6.12. The van der Waals surface area contributed by atoms with Crippen molar-refractivity contribution < 1.29 is 14.7 Å². The number of thiol groups is 3. The molecule has 0 aliphatic heterocycles. The van der Waals surface area contributed by atoms with Crippen molar-refractivity contribution in [3.05, 3.63) is 44.8 Å². The molecule has 0 amide bonds. The molecular formula is C19H30O3S6. The second-order valence-corrected chi connectivity index (χ2v) is 9.16. The van der Waals surface area contributed by atoms with Crippen LogP contribution in [0.25, 0.3) is 0 Å². The number of carboxylic acid groups (broad SMARTS) is 1. The summed E-state index contributed by atoms with van der Waals surface area (Å²) in [7, 11) is 0. The molecule has 0 saturated heterocycles. The zero-order valence-electron chi connectivity index (χ0n) is 15.0. The molecule has 9 heteroatoms. The van der Waals surface area contributed by atoms with E-state index in [1.165, 1.54) is 23.1 Å². The normalized spacial score (nSPS) is 9.25. The van der Waals surface area contributed by atoms with Gasteiger partial charge in [0.05, 0.1) is 6.42 Å². The van der Waals surface area contributed by atoms with E-state index in [1.807, 2.05) is 33.7 Å². The first-order valence-corrected chi connectivity index (χ1v) is 13.0. The minimum absolute atomic E-state index is 0. The molecule has 0 aliphatic rings. The smallest absolute Gasteiger partial charge is 0.307 e. The van der Waals surface area contributed by atoms with E-state index in [0.717, 1.165) is 47.0 Å². The number of carbonyl (C=O) groups is 2. The summed E-state index contributed by atoms with van der Waals surface area (Å²) in [6.45, 7) is 0. The van der Waals surface area contributed by atoms with Gasteiger partial charge in [-0.2, -0.15) is 60.6 Å². The maximum Gasteiger partial charge on any atom is 0.307 e. The lowest BCUT2D eigenvalue weighted by atomic mass is 10.2. The van der Waals surface area contributed by atoms with Crippen LogP contribution in [-0.2, 0) is 22.4 Å². The van der Waals surface area contributed by atoms with Gasteiger partial charge in [-0.05, 0) is 74.9 Å². The lowest BCUT2D eigenvalue weighted by Crippen LogP contribution is -1.97. The Labute approximate surface area is 198 Å². The number of aliphatic carboxylic acids is 1. The summed E-state index contributed by atoms with van der Waals surface area (Å²) in [5, 5.41) is 16.3. The molecule has 1 N–H and O–H groups in total. The molecule has 2 heterocycles. The fraction of sp³-hybridized carbons (Fsp3) is 0.474. The Kier molecular flexibility index (Phi) is 23.3. The van der Waals surface area contributed by atoms with Crippen molar-refractivity contribution in [1.82, 2.24) is 0 Å². The Morgan fingerprint density at radius 2 is 1.39 bits per heavy atom. The van der Waals surface area contributed by atoms with Crippen LogP contribution in [0.4, 0.5) is 0 Å². The zero-order chi connectivity index (χ0) is 20.3. The molecule has 0 atom stereocenters. The van der Waals surface area contributed by atoms with E-state index in [9.17, 15) is 9.59 Å². The molecule has 0 saturated carbocycles. The lowest BCUT2D eigenvalue weighted by molar-refractivity contribution is -0.136. The summed E-state index contributed by atoms with van der Waals surface area (Å²) >= 11 is 16.6. The highest BCUT2D eigenvalue weighted by Gasteiger charge is 2.03. The number of thiophene rings is 2. The molecule has 0 spiro atoms. The van der Waals surface area contributed by atoms with Crippen molar-refractivity contribution in [2.75, 3.05) is 23.0 Å². The van der Waals surface area contributed by atoms with Crippen LogP contribution in [0.15, 0.2) is 33.7 Å². The maximum absolute atomic E-state index is 11.3. The standard InChI is InChI=1S/C9H12OS3.C6H6O2S.C3H8S2.CH4/c10-9(13-4-1-3-11)6-8-2-5-12-7-8;7-6(8)3-5-1-2-9-4-5;4-2-1-3-5;/h2,5,7,11H,1,3-4,6H2;1-2,4H,3H2,(H,7,8);4-5H,1-3H2;1H4. The molecule has 2 rings (SSSR count). The van der Waals surface area contributed by atoms with Crippen molar-refractivity contribution >= 4 is 83.4 Å². The van der Waals surface area contributed by atoms with E-state index in [0.29, 0.717) is 6.42 Å². The third-order valence-electron chi connectivity index (χ3n) is 2.75. The van der Waals surface area contributed by atoms with Gasteiger partial charge in [0.2, 0.25) is 0 Å². The van der Waals surface area contributed by atoms with Gasteiger partial charge in [0.15, 0.2) is 5.12 Å². The fourth-order valence-electron chi connectivity index (χ4n) is 1.50. The van der Waals surface area contributed by atoms with Gasteiger partial charge in [0.25, 0.3) is 0 Å². The SMILES string of the molecule is C.O=C(Cc1ccsc1)SCCCS.O=C(O)Cc1ccsc1.SCCCS. The Bertz CT molecular complexity index is 583. The summed E-state index contributed by atoms with van der Waals surface area (Å²) in [5.41, 5.74) is 2.01. The molecule has 2 aromatic heterocycles. The predicted octanol–water partition coefficient (Wildman–Crippen LogP) is 6.12. The van der Waals surface area contributed by atoms with Gasteiger partial charge in [0.1, 0.15) is 0 Å². The van der Waals surface area contributed by atoms with Gasteiger partial charge >= 0.3 is 5.97 Å². The third kappa shape index (κ3) is 19.3. The quantitative estimate of drug-likeness (QED) is 0.249. The predicted molar refractivity (Wildman–Crippen MR) is 139 cm³/mol. The minimum Gasteiger partial charge on any atom is -0.481 e. The van der Waals surface area contributed by atoms with E-state index in [-0.39, 0.29) is 19.0 Å². The monoisotopic (exact) mass is 498 g/mol. The summed E-state index contributed by atoms with van der Waals surface area (Å²) in [5.74, 6) is 2.91. The van der Waals surface area contributed by atoms with Crippen LogP contribution in [0.1, 0.15) is 31.4 Å². The number of thioether (sulfide) groups is 1. The van der Waals surface area contributed by atoms with Gasteiger partial charge in [-0.25, -0.2) is 0 Å². The van der Waals surface area contributed by atoms with Crippen LogP contribution >= 0.6 is 72.3 Å². The largest absolute Gasteiger partial charge is 0.481 e. The first-order chi connectivity index (χ1) is 13.0. The van der Waals surface area contributed by atoms with E-state index in [1.54, 1.807) is 11.3 Å². The molecule has 160 valence electrons. The Morgan fingerprint density at radius 1 is 0.893 bits per heavy atom. The Hall–Kier alpha value is -0.0600. The van der Waals surface area contributed by atoms with Crippen LogP contribution in [0.5, 0.6) is 0 Å². The lowest BCUT2D eigenvalue weighted by Gasteiger charge is -1.97. The summed E-state index contributed by atoms with van der Waals surface area (Å²) in [6.07, 6.45) is 2.83. The molecule has 0 aliphatic carbocycles. The van der Waals surface area contributed by atoms with Crippen LogP contribution in [0.3, 0.4) is 0 Å². The second-order valence-electron chi connectivity index (χ2n) is 5.11. The van der Waals surface area contributed by atoms with E-state index >= 15 is 0 Å². The van der Waals surface area contributed by atoms with Gasteiger partial charge in [-0.15, -0.1) is 0 Å². The van der Waals surface area contributed by atoms with Gasteiger partial charge < -0.3 is 5.11 Å². The highest BCUT2D eigenvalue weighted by molar-refractivity contribution is 8.13. The zero-order valence-corrected chi connectivity index (χ0v) is 20.1. The van der Waals surface area contributed by atoms with Crippen molar-refractivity contribution in [3.8, 4) is 0 Å². The summed E-state index contributed by atoms with van der Waals surface area (Å²) in [4.78, 5) is 21.4. The van der Waals surface area contributed by atoms with Gasteiger partial charge in [-0.3, -0.25) is 9.59 Å². The topological polar surface area (TPSA) is 54.4 Å². The van der Waals surface area contributed by atoms with Crippen LogP contribution < -0.4 is 0 Å². The van der Waals surface area contributed by atoms with Crippen LogP contribution in [-0.4, -0.2) is 39.2 Å². The van der Waals surface area contributed by atoms with Crippen molar-refractivity contribution in [2.24, 2.45) is 0 Å². The van der Waals surface area contributed by atoms with E-state index < -0.39 is 5.97 Å². The van der Waals surface area contributed by atoms with E-state index in [2.05, 4.69) is 37.9 Å². The van der Waals surface area contributed by atoms with Crippen molar-refractivity contribution in [1.29, 1.82) is 0 Å². The van der Waals surface area contributed by atoms with Gasteiger partial charge in [-0.1, -0.05) is 19.2 Å². The average molecular weight is 499 g/mol. The summed E-state index contributed by atoms with van der Waals surface area (Å²) in [6, 6.07) is 3.82. The molecule has 0 unspecified atom stereocenters. The average Bonchev–Trinajstić information content (AvgIpc) is 3.31. The number of carboxylic acids is 1. The van der Waals surface area contributed by atoms with Crippen LogP contribution in [0.2, 0.25) is 0 Å². The molecule has 28 heavy (non-hydrogen) atoms. The maximum atomic E-state index is 11.3. The molecule has 3 nitrogen and oxygen atoms in total. The second kappa shape index (κ2) is 21.6. The Balaban J connectivity index is 0. The minimum atomic E-state index is -0.770. The van der Waals surface area contributed by atoms with E-state index in [4.69, 9.17) is 5.11 Å². The number of hydrogen-bond acceptors (Lipinski definition) is 8. The molecule has 0 radical (unpaired) electrons. The molecular weight excluding hydrogens is 469 g/mol. The summed E-state index contributed by atoms with van der Waals surface area (Å²) < 4.78 is 0. The molecule has 0 fully saturated rings. The number of rotatable bonds is 9. The highest BCUT2D eigenvalue weighted by Crippen LogP contribution is 2.13. The molecule has 0 aromatic carbocycles. The first kappa shape index (κ1) is 30.1. The van der Waals surface area contributed by atoms with Gasteiger partial charge in [0, 0.05) is 12.2 Å². The molecule has 2 aromatic rings. The Morgan fingerprint density at radius 3 is 1.75 bits per heavy atom. The number of carbonyl (C=O) groups excluding carboxylic acids is 1. The molecule has 0 bridgehead atoms. The highest BCUT2D eigenvalue weighted by atomic mass is 32.2. The van der Waals surface area contributed by atoms with Crippen molar-refractivity contribution in [2.45, 2.75) is 33.1 Å². The fourth-order valence-corrected chi connectivity index (χ4v) is 4.56. The van der Waals surface area contributed by atoms with Crippen molar-refractivity contribution in [3.63, 3.8) is 0 Å². The number of hydrogen-bond donors (Lipinski definition) is 4. The first-order valence-electron chi connectivity index (χ1n) is 8.25.